The average Bonchev–Trinajstić information content (AvgIpc) is 3.15. The first-order valence-corrected chi connectivity index (χ1v) is 13.1. The number of carbonyl (C=O) groups excluding carboxylic acids is 2. The number of likely N-dealkylation sites (N-methyl/N-ethyl adjacent to an activating group) is 2. The second-order valence-electron chi connectivity index (χ2n) is 10.7. The molecule has 200 valence electrons. The van der Waals surface area contributed by atoms with Crippen molar-refractivity contribution >= 4 is 44.6 Å². The number of nitrogens with one attached hydrogen (secondary N) is 1. The highest BCUT2D eigenvalue weighted by molar-refractivity contribution is 6.17. The Kier molecular flexibility index (Phi) is 6.98. The lowest BCUT2D eigenvalue weighted by Gasteiger charge is -2.31. The van der Waals surface area contributed by atoms with Gasteiger partial charge in [-0.25, -0.2) is 4.79 Å². The van der Waals surface area contributed by atoms with E-state index in [-0.39, 0.29) is 18.0 Å². The van der Waals surface area contributed by atoms with Crippen LogP contribution in [0, 0.1) is 6.92 Å². The van der Waals surface area contributed by atoms with Crippen molar-refractivity contribution in [2.75, 3.05) is 53.9 Å². The standard InChI is InChI=1S/C29H36N6O3/c1-18(17-32(3)4)31-28(36)26-23-16-24-22-15-20(38-29(37)35-13-11-33(5)12-14-35)7-8-25(22)34(6)27(24)19(2)21(23)9-10-30-26/h7-10,15-16,18H,11-14,17H2,1-6H3,(H,31,36)/t18-/m1/s1. The topological polar surface area (TPSA) is 82.9 Å². The van der Waals surface area contributed by atoms with Gasteiger partial charge in [0.2, 0.25) is 0 Å². The van der Waals surface area contributed by atoms with Gasteiger partial charge in [0.1, 0.15) is 11.4 Å². The molecule has 1 fully saturated rings. The van der Waals surface area contributed by atoms with Crippen molar-refractivity contribution in [3.05, 3.63) is 47.8 Å². The van der Waals surface area contributed by atoms with Gasteiger partial charge in [0, 0.05) is 73.7 Å². The summed E-state index contributed by atoms with van der Waals surface area (Å²) in [4.78, 5) is 36.5. The normalized spacial score (nSPS) is 15.5. The highest BCUT2D eigenvalue weighted by Gasteiger charge is 2.22. The molecule has 0 radical (unpaired) electrons. The molecular formula is C29H36N6O3. The van der Waals surface area contributed by atoms with Crippen LogP contribution in [0.5, 0.6) is 5.75 Å². The first-order chi connectivity index (χ1) is 18.1. The van der Waals surface area contributed by atoms with E-state index < -0.39 is 0 Å². The van der Waals surface area contributed by atoms with Gasteiger partial charge >= 0.3 is 6.09 Å². The van der Waals surface area contributed by atoms with E-state index in [2.05, 4.69) is 33.7 Å². The molecule has 9 nitrogen and oxygen atoms in total. The first kappa shape index (κ1) is 25.9. The van der Waals surface area contributed by atoms with Gasteiger partial charge in [0.05, 0.1) is 5.52 Å². The molecule has 2 amide bonds. The molecule has 0 bridgehead atoms. The number of piperazine rings is 1. The van der Waals surface area contributed by atoms with Gasteiger partial charge in [-0.2, -0.15) is 0 Å². The van der Waals surface area contributed by atoms with Crippen molar-refractivity contribution in [1.29, 1.82) is 0 Å². The molecule has 2 aromatic carbocycles. The first-order valence-electron chi connectivity index (χ1n) is 13.1. The third kappa shape index (κ3) is 4.79. The second-order valence-corrected chi connectivity index (χ2v) is 10.7. The molecule has 4 aromatic rings. The van der Waals surface area contributed by atoms with Crippen LogP contribution in [0.2, 0.25) is 0 Å². The summed E-state index contributed by atoms with van der Waals surface area (Å²) >= 11 is 0. The van der Waals surface area contributed by atoms with Gasteiger partial charge in [-0.15, -0.1) is 0 Å². The van der Waals surface area contributed by atoms with Crippen LogP contribution in [-0.4, -0.2) is 96.2 Å². The molecule has 5 rings (SSSR count). The number of aromatic nitrogens is 2. The molecule has 38 heavy (non-hydrogen) atoms. The number of aryl methyl sites for hydroxylation is 2. The predicted molar refractivity (Wildman–Crippen MR) is 151 cm³/mol. The van der Waals surface area contributed by atoms with Crippen LogP contribution in [0.1, 0.15) is 23.0 Å². The minimum Gasteiger partial charge on any atom is -0.410 e. The quantitative estimate of drug-likeness (QED) is 0.436. The van der Waals surface area contributed by atoms with Crippen LogP contribution >= 0.6 is 0 Å². The third-order valence-corrected chi connectivity index (χ3v) is 7.45. The van der Waals surface area contributed by atoms with E-state index in [1.807, 2.05) is 63.3 Å². The maximum absolute atomic E-state index is 13.3. The molecule has 0 saturated carbocycles. The molecule has 0 aliphatic carbocycles. The van der Waals surface area contributed by atoms with E-state index in [0.717, 1.165) is 57.8 Å². The summed E-state index contributed by atoms with van der Waals surface area (Å²) in [6, 6.07) is 9.74. The molecule has 0 unspecified atom stereocenters. The van der Waals surface area contributed by atoms with E-state index >= 15 is 0 Å². The lowest BCUT2D eigenvalue weighted by molar-refractivity contribution is 0.0931. The van der Waals surface area contributed by atoms with E-state index in [0.29, 0.717) is 24.5 Å². The van der Waals surface area contributed by atoms with Crippen molar-refractivity contribution in [2.24, 2.45) is 7.05 Å². The van der Waals surface area contributed by atoms with Crippen molar-refractivity contribution in [2.45, 2.75) is 19.9 Å². The van der Waals surface area contributed by atoms with Crippen LogP contribution < -0.4 is 10.1 Å². The van der Waals surface area contributed by atoms with Crippen molar-refractivity contribution < 1.29 is 14.3 Å². The van der Waals surface area contributed by atoms with E-state index in [1.165, 1.54) is 0 Å². The van der Waals surface area contributed by atoms with Crippen LogP contribution in [0.4, 0.5) is 4.79 Å². The predicted octanol–water partition coefficient (Wildman–Crippen LogP) is 3.61. The van der Waals surface area contributed by atoms with E-state index in [9.17, 15) is 9.59 Å². The summed E-state index contributed by atoms with van der Waals surface area (Å²) in [6.45, 7) is 7.78. The molecule has 1 aliphatic rings. The van der Waals surface area contributed by atoms with Crippen molar-refractivity contribution in [3.8, 4) is 5.75 Å². The van der Waals surface area contributed by atoms with Crippen molar-refractivity contribution in [1.82, 2.24) is 29.6 Å². The van der Waals surface area contributed by atoms with Gasteiger partial charge in [-0.05, 0) is 76.3 Å². The second kappa shape index (κ2) is 10.2. The van der Waals surface area contributed by atoms with Crippen molar-refractivity contribution in [3.63, 3.8) is 0 Å². The maximum Gasteiger partial charge on any atom is 0.415 e. The van der Waals surface area contributed by atoms with Crippen LogP contribution in [-0.2, 0) is 7.05 Å². The van der Waals surface area contributed by atoms with Gasteiger partial charge in [-0.1, -0.05) is 0 Å². The number of carbonyl (C=O) groups is 2. The SMILES string of the molecule is Cc1c2ccnc(C(=O)N[C@H](C)CN(C)C)c2cc2c3cc(OC(=O)N4CCN(C)CC4)ccc3n(C)c12. The van der Waals surface area contributed by atoms with Gasteiger partial charge in [-0.3, -0.25) is 9.78 Å². The Morgan fingerprint density at radius 2 is 1.76 bits per heavy atom. The lowest BCUT2D eigenvalue weighted by Crippen LogP contribution is -2.48. The summed E-state index contributed by atoms with van der Waals surface area (Å²) in [7, 11) is 8.06. The number of nitrogens with zero attached hydrogens (tertiary/aromatic N) is 5. The number of hydrogen-bond donors (Lipinski definition) is 1. The zero-order valence-corrected chi connectivity index (χ0v) is 23.0. The highest BCUT2D eigenvalue weighted by Crippen LogP contribution is 2.37. The Hall–Kier alpha value is -3.69. The zero-order valence-electron chi connectivity index (χ0n) is 23.0. The van der Waals surface area contributed by atoms with Crippen LogP contribution in [0.3, 0.4) is 0 Å². The average molecular weight is 517 g/mol. The third-order valence-electron chi connectivity index (χ3n) is 7.45. The molecule has 1 saturated heterocycles. The summed E-state index contributed by atoms with van der Waals surface area (Å²) in [5, 5.41) is 6.84. The van der Waals surface area contributed by atoms with E-state index in [1.54, 1.807) is 11.1 Å². The summed E-state index contributed by atoms with van der Waals surface area (Å²) in [6.07, 6.45) is 1.37. The Morgan fingerprint density at radius 3 is 2.47 bits per heavy atom. The Bertz CT molecular complexity index is 1530. The fourth-order valence-corrected chi connectivity index (χ4v) is 5.55. The zero-order chi connectivity index (χ0) is 27.1. The molecule has 1 N–H and O–H groups in total. The number of rotatable bonds is 5. The number of hydrogen-bond acceptors (Lipinski definition) is 6. The number of ether oxygens (including phenoxy) is 1. The highest BCUT2D eigenvalue weighted by atomic mass is 16.6. The smallest absolute Gasteiger partial charge is 0.410 e. The van der Waals surface area contributed by atoms with Gasteiger partial charge < -0.3 is 29.3 Å². The molecule has 1 atom stereocenters. The molecule has 9 heteroatoms. The molecule has 2 aromatic heterocycles. The number of benzene rings is 2. The maximum atomic E-state index is 13.3. The summed E-state index contributed by atoms with van der Waals surface area (Å²) in [5.74, 6) is 0.319. The Labute approximate surface area is 222 Å². The lowest BCUT2D eigenvalue weighted by atomic mass is 10.00. The number of amides is 2. The molecule has 0 spiro atoms. The van der Waals surface area contributed by atoms with Crippen LogP contribution in [0.25, 0.3) is 32.6 Å². The van der Waals surface area contributed by atoms with Gasteiger partial charge in [0.15, 0.2) is 0 Å². The van der Waals surface area contributed by atoms with Crippen LogP contribution in [0.15, 0.2) is 36.5 Å². The summed E-state index contributed by atoms with van der Waals surface area (Å²) in [5.41, 5.74) is 3.59. The minimum absolute atomic E-state index is 0.0190. The van der Waals surface area contributed by atoms with Gasteiger partial charge in [0.25, 0.3) is 5.91 Å². The Balaban J connectivity index is 1.56. The fourth-order valence-electron chi connectivity index (χ4n) is 5.55. The summed E-state index contributed by atoms with van der Waals surface area (Å²) < 4.78 is 7.95. The Morgan fingerprint density at radius 1 is 1.03 bits per heavy atom. The molecular weight excluding hydrogens is 480 g/mol. The van der Waals surface area contributed by atoms with E-state index in [4.69, 9.17) is 4.74 Å². The largest absolute Gasteiger partial charge is 0.415 e. The monoisotopic (exact) mass is 516 g/mol. The number of pyridine rings is 1. The minimum atomic E-state index is -0.325. The number of fused-ring (bicyclic) bond motifs is 4. The molecule has 3 heterocycles. The molecule has 1 aliphatic heterocycles. The fraction of sp³-hybridized carbons (Fsp3) is 0.414.